The minimum Gasteiger partial charge on any atom is -0.388 e. The van der Waals surface area contributed by atoms with E-state index in [4.69, 9.17) is 71.8 Å². The number of epoxide rings is 1. The second-order valence-corrected chi connectivity index (χ2v) is 9.54. The van der Waals surface area contributed by atoms with Crippen molar-refractivity contribution >= 4 is 46.4 Å². The first-order valence-electron chi connectivity index (χ1n) is 9.95. The molecule has 5 atom stereocenters. The van der Waals surface area contributed by atoms with E-state index in [9.17, 15) is 10.2 Å². The third kappa shape index (κ3) is 4.86. The number of fused-ring (bicyclic) bond motifs is 1. The molecule has 2 aliphatic heterocycles. The Bertz CT molecular complexity index is 1080. The molecule has 0 amide bonds. The van der Waals surface area contributed by atoms with E-state index >= 15 is 0 Å². The first-order valence-corrected chi connectivity index (χ1v) is 11.5. The van der Waals surface area contributed by atoms with Crippen molar-refractivity contribution in [1.82, 2.24) is 0 Å². The molecule has 10 heteroatoms. The van der Waals surface area contributed by atoms with Gasteiger partial charge in [-0.2, -0.15) is 0 Å². The topological polar surface area (TPSA) is 80.7 Å². The molecule has 0 bridgehead atoms. The first-order chi connectivity index (χ1) is 15.7. The molecule has 2 fully saturated rings. The molecule has 2 N–H and O–H groups in total. The molecule has 4 rings (SSSR count). The van der Waals surface area contributed by atoms with Crippen LogP contribution in [0.3, 0.4) is 0 Å². The number of terminal acetylenes is 1. The van der Waals surface area contributed by atoms with Crippen molar-refractivity contribution in [1.29, 1.82) is 0 Å². The number of benzene rings is 2. The van der Waals surface area contributed by atoms with E-state index in [0.717, 1.165) is 0 Å². The molecule has 2 aromatic rings. The summed E-state index contributed by atoms with van der Waals surface area (Å²) < 4.78 is 22.4. The summed E-state index contributed by atoms with van der Waals surface area (Å²) in [6.45, 7) is -0.207. The van der Waals surface area contributed by atoms with Crippen LogP contribution in [0.2, 0.25) is 20.1 Å². The number of hydrogen-bond acceptors (Lipinski definition) is 6. The number of halogens is 4. The SMILES string of the molecule is C#C[C@]12O[C@H]1O[C@H](C(O)COCc1ccc(Cl)cc1Cl)[C@]2(O)COCc1ccc(Cl)cc1Cl. The number of ether oxygens (including phenoxy) is 4. The molecule has 33 heavy (non-hydrogen) atoms. The lowest BCUT2D eigenvalue weighted by Gasteiger charge is -2.35. The van der Waals surface area contributed by atoms with Gasteiger partial charge in [-0.3, -0.25) is 0 Å². The highest BCUT2D eigenvalue weighted by molar-refractivity contribution is 6.35. The normalized spacial score (nSPS) is 28.9. The van der Waals surface area contributed by atoms with Gasteiger partial charge >= 0.3 is 0 Å². The lowest BCUT2D eigenvalue weighted by Crippen LogP contribution is -2.59. The summed E-state index contributed by atoms with van der Waals surface area (Å²) in [5, 5.41) is 24.1. The van der Waals surface area contributed by atoms with Crippen LogP contribution in [0.4, 0.5) is 0 Å². The molecule has 1 unspecified atom stereocenters. The van der Waals surface area contributed by atoms with Gasteiger partial charge in [0.25, 0.3) is 0 Å². The Morgan fingerprint density at radius 3 is 2.12 bits per heavy atom. The van der Waals surface area contributed by atoms with Gasteiger partial charge in [0, 0.05) is 20.1 Å². The summed E-state index contributed by atoms with van der Waals surface area (Å²) in [4.78, 5) is 0. The third-order valence-corrected chi connectivity index (χ3v) is 6.85. The second kappa shape index (κ2) is 9.88. The molecule has 176 valence electrons. The van der Waals surface area contributed by atoms with Crippen LogP contribution in [0.15, 0.2) is 36.4 Å². The van der Waals surface area contributed by atoms with E-state index in [0.29, 0.717) is 31.2 Å². The minimum atomic E-state index is -1.81. The fraction of sp³-hybridized carbons (Fsp3) is 0.391. The van der Waals surface area contributed by atoms with E-state index < -0.39 is 29.7 Å². The highest BCUT2D eigenvalue weighted by Crippen LogP contribution is 2.55. The van der Waals surface area contributed by atoms with Gasteiger partial charge in [0.05, 0.1) is 26.4 Å². The van der Waals surface area contributed by atoms with Crippen molar-refractivity contribution in [3.8, 4) is 12.3 Å². The van der Waals surface area contributed by atoms with Crippen LogP contribution in [0.5, 0.6) is 0 Å². The van der Waals surface area contributed by atoms with Gasteiger partial charge in [0.15, 0.2) is 5.60 Å². The molecule has 0 aliphatic carbocycles. The number of rotatable bonds is 9. The Kier molecular flexibility index (Phi) is 7.50. The molecular formula is C23H20Cl4O6. The van der Waals surface area contributed by atoms with Gasteiger partial charge in [0.2, 0.25) is 11.9 Å². The summed E-state index contributed by atoms with van der Waals surface area (Å²) >= 11 is 24.1. The Labute approximate surface area is 211 Å². The molecule has 0 spiro atoms. The van der Waals surface area contributed by atoms with Gasteiger partial charge in [-0.1, -0.05) is 64.5 Å². The zero-order chi connectivity index (χ0) is 23.8. The Balaban J connectivity index is 1.39. The lowest BCUT2D eigenvalue weighted by atomic mass is 9.83. The zero-order valence-corrected chi connectivity index (χ0v) is 20.2. The van der Waals surface area contributed by atoms with E-state index in [2.05, 4.69) is 5.92 Å². The van der Waals surface area contributed by atoms with Crippen LogP contribution in [-0.2, 0) is 32.2 Å². The summed E-state index contributed by atoms with van der Waals surface area (Å²) in [5.74, 6) is 2.45. The van der Waals surface area contributed by atoms with Crippen LogP contribution in [0.25, 0.3) is 0 Å². The maximum Gasteiger partial charge on any atom is 0.215 e. The van der Waals surface area contributed by atoms with E-state index in [1.807, 2.05) is 0 Å². The van der Waals surface area contributed by atoms with E-state index in [1.165, 1.54) is 0 Å². The Morgan fingerprint density at radius 2 is 1.58 bits per heavy atom. The highest BCUT2D eigenvalue weighted by atomic mass is 35.5. The molecule has 0 saturated carbocycles. The third-order valence-electron chi connectivity index (χ3n) is 5.67. The summed E-state index contributed by atoms with van der Waals surface area (Å²) in [7, 11) is 0. The van der Waals surface area contributed by atoms with Gasteiger partial charge < -0.3 is 29.2 Å². The second-order valence-electron chi connectivity index (χ2n) is 7.86. The smallest absolute Gasteiger partial charge is 0.215 e. The van der Waals surface area contributed by atoms with E-state index in [1.54, 1.807) is 36.4 Å². The molecule has 2 aliphatic rings. The molecule has 2 saturated heterocycles. The molecule has 2 aromatic carbocycles. The quantitative estimate of drug-likeness (QED) is 0.370. The largest absolute Gasteiger partial charge is 0.388 e. The fourth-order valence-corrected chi connectivity index (χ4v) is 4.74. The van der Waals surface area contributed by atoms with Crippen molar-refractivity contribution in [3.05, 3.63) is 67.6 Å². The molecule has 0 aromatic heterocycles. The molecule has 6 nitrogen and oxygen atoms in total. The van der Waals surface area contributed by atoms with Crippen LogP contribution >= 0.6 is 46.4 Å². The zero-order valence-electron chi connectivity index (χ0n) is 17.1. The fourth-order valence-electron chi connectivity index (χ4n) is 3.82. The van der Waals surface area contributed by atoms with Gasteiger partial charge in [-0.25, -0.2) is 0 Å². The number of hydrogen-bond donors (Lipinski definition) is 2. The standard InChI is InChI=1S/C23H20Cl4O6/c1-2-23-21(33-23)32-20(19(28)11-30-9-13-3-5-15(24)7-17(13)26)22(23,29)12-31-10-14-4-6-16(25)8-18(14)27/h1,3-8,19-21,28-29H,9-12H2/t19?,20-,21-,22-,23+/m1/s1. The van der Waals surface area contributed by atoms with Crippen LogP contribution < -0.4 is 0 Å². The van der Waals surface area contributed by atoms with Crippen molar-refractivity contribution in [2.75, 3.05) is 13.2 Å². The summed E-state index contributed by atoms with van der Waals surface area (Å²) in [6, 6.07) is 10.0. The average molecular weight is 534 g/mol. The monoisotopic (exact) mass is 532 g/mol. The van der Waals surface area contributed by atoms with Crippen LogP contribution in [0, 0.1) is 12.3 Å². The maximum atomic E-state index is 11.4. The minimum absolute atomic E-state index is 0.0814. The van der Waals surface area contributed by atoms with Crippen molar-refractivity contribution in [2.24, 2.45) is 0 Å². The summed E-state index contributed by atoms with van der Waals surface area (Å²) in [5.41, 5.74) is -1.86. The van der Waals surface area contributed by atoms with Gasteiger partial charge in [-0.15, -0.1) is 6.42 Å². The highest BCUT2D eigenvalue weighted by Gasteiger charge is 2.79. The maximum absolute atomic E-state index is 11.4. The van der Waals surface area contributed by atoms with Crippen molar-refractivity contribution in [3.63, 3.8) is 0 Å². The van der Waals surface area contributed by atoms with Crippen molar-refractivity contribution in [2.45, 2.75) is 42.9 Å². The number of aliphatic hydroxyl groups excluding tert-OH is 1. The Morgan fingerprint density at radius 1 is 1.00 bits per heavy atom. The predicted molar refractivity (Wildman–Crippen MR) is 125 cm³/mol. The first kappa shape index (κ1) is 25.0. The van der Waals surface area contributed by atoms with Crippen LogP contribution in [0.1, 0.15) is 11.1 Å². The average Bonchev–Trinajstić information content (AvgIpc) is 3.44. The Hall–Kier alpha value is -1.08. The summed E-state index contributed by atoms with van der Waals surface area (Å²) in [6.07, 6.45) is 2.46. The van der Waals surface area contributed by atoms with Gasteiger partial charge in [-0.05, 0) is 35.4 Å². The molecule has 2 heterocycles. The van der Waals surface area contributed by atoms with Crippen molar-refractivity contribution < 1.29 is 29.2 Å². The molecule has 0 radical (unpaired) electrons. The van der Waals surface area contributed by atoms with Crippen LogP contribution in [-0.4, -0.2) is 53.1 Å². The predicted octanol–water partition coefficient (Wildman–Crippen LogP) is 4.25. The van der Waals surface area contributed by atoms with Gasteiger partial charge in [0.1, 0.15) is 12.2 Å². The van der Waals surface area contributed by atoms with E-state index in [-0.39, 0.29) is 26.4 Å². The number of aliphatic hydroxyl groups is 2. The lowest BCUT2D eigenvalue weighted by molar-refractivity contribution is -0.201. The molecular weight excluding hydrogens is 514 g/mol.